The number of hydrogen-bond acceptors (Lipinski definition) is 2. The molecule has 1 fully saturated rings. The fraction of sp³-hybridized carbons (Fsp3) is 0.857. The Hall–Kier alpha value is -0.860. The van der Waals surface area contributed by atoms with Crippen molar-refractivity contribution in [3.8, 4) is 0 Å². The molecule has 0 aromatic rings. The van der Waals surface area contributed by atoms with E-state index in [1.54, 1.807) is 0 Å². The zero-order valence-corrected chi connectivity index (χ0v) is 12.0. The van der Waals surface area contributed by atoms with E-state index in [2.05, 4.69) is 20.8 Å². The largest absolute Gasteiger partial charge is 0.282 e. The van der Waals surface area contributed by atoms with Crippen molar-refractivity contribution < 1.29 is 9.59 Å². The van der Waals surface area contributed by atoms with Gasteiger partial charge in [0, 0.05) is 18.9 Å². The van der Waals surface area contributed by atoms with E-state index < -0.39 is 0 Å². The van der Waals surface area contributed by atoms with Crippen LogP contribution in [0, 0.1) is 16.7 Å². The number of likely N-dealkylation sites (tertiary alicyclic amines) is 1. The summed E-state index contributed by atoms with van der Waals surface area (Å²) in [6.07, 6.45) is 1.18. The molecule has 0 aromatic heterocycles. The number of rotatable bonds is 2. The lowest BCUT2D eigenvalue weighted by Gasteiger charge is -2.26. The molecule has 1 aliphatic heterocycles. The monoisotopic (exact) mass is 239 g/mol. The zero-order chi connectivity index (χ0) is 13.4. The summed E-state index contributed by atoms with van der Waals surface area (Å²) in [4.78, 5) is 25.5. The molecule has 0 spiro atoms. The van der Waals surface area contributed by atoms with Gasteiger partial charge in [0.25, 0.3) is 0 Å². The van der Waals surface area contributed by atoms with Crippen LogP contribution in [0.15, 0.2) is 0 Å². The molecule has 0 aliphatic carbocycles. The maximum atomic E-state index is 12.2. The minimum atomic E-state index is -0.107. The van der Waals surface area contributed by atoms with Crippen LogP contribution in [0.2, 0.25) is 0 Å². The maximum Gasteiger partial charge on any atom is 0.232 e. The minimum Gasteiger partial charge on any atom is -0.282 e. The predicted molar refractivity (Wildman–Crippen MR) is 68.4 cm³/mol. The van der Waals surface area contributed by atoms with Crippen LogP contribution in [-0.4, -0.2) is 23.3 Å². The normalized spacial score (nSPS) is 22.5. The van der Waals surface area contributed by atoms with Gasteiger partial charge in [0.2, 0.25) is 11.8 Å². The number of nitrogens with zero attached hydrogens (tertiary/aromatic N) is 1. The Morgan fingerprint density at radius 1 is 1.06 bits per heavy atom. The van der Waals surface area contributed by atoms with Crippen molar-refractivity contribution in [3.05, 3.63) is 0 Å². The first-order chi connectivity index (χ1) is 7.49. The fourth-order valence-electron chi connectivity index (χ4n) is 2.29. The van der Waals surface area contributed by atoms with Gasteiger partial charge < -0.3 is 0 Å². The van der Waals surface area contributed by atoms with Gasteiger partial charge in [0.1, 0.15) is 0 Å². The number of carbonyl (C=O) groups excluding carboxylic acids is 2. The second-order valence-corrected chi connectivity index (χ2v) is 7.54. The van der Waals surface area contributed by atoms with Crippen LogP contribution in [-0.2, 0) is 9.59 Å². The highest BCUT2D eigenvalue weighted by Crippen LogP contribution is 2.33. The molecule has 0 bridgehead atoms. The first-order valence-electron chi connectivity index (χ1n) is 6.34. The van der Waals surface area contributed by atoms with Gasteiger partial charge in [-0.15, -0.1) is 0 Å². The van der Waals surface area contributed by atoms with Crippen molar-refractivity contribution in [2.24, 2.45) is 16.7 Å². The van der Waals surface area contributed by atoms with Gasteiger partial charge in [-0.2, -0.15) is 0 Å². The second-order valence-electron chi connectivity index (χ2n) is 7.54. The Balaban J connectivity index is 2.72. The van der Waals surface area contributed by atoms with Gasteiger partial charge in [0.05, 0.1) is 0 Å². The van der Waals surface area contributed by atoms with Crippen molar-refractivity contribution in [3.63, 3.8) is 0 Å². The van der Waals surface area contributed by atoms with Gasteiger partial charge in [-0.1, -0.05) is 41.5 Å². The molecular weight excluding hydrogens is 214 g/mol. The lowest BCUT2D eigenvalue weighted by atomic mass is 9.84. The molecule has 1 atom stereocenters. The third kappa shape index (κ3) is 4.14. The van der Waals surface area contributed by atoms with E-state index in [4.69, 9.17) is 0 Å². The highest BCUT2D eigenvalue weighted by Gasteiger charge is 2.41. The Bertz CT molecular complexity index is 320. The van der Waals surface area contributed by atoms with Crippen LogP contribution < -0.4 is 0 Å². The topological polar surface area (TPSA) is 37.4 Å². The molecule has 98 valence electrons. The van der Waals surface area contributed by atoms with E-state index in [1.807, 2.05) is 20.8 Å². The molecule has 2 amide bonds. The molecule has 1 heterocycles. The molecule has 1 rings (SSSR count). The summed E-state index contributed by atoms with van der Waals surface area (Å²) in [6.45, 7) is 13.0. The van der Waals surface area contributed by atoms with Crippen LogP contribution in [0.25, 0.3) is 0 Å². The Labute approximate surface area is 105 Å². The molecule has 0 radical (unpaired) electrons. The molecule has 1 aliphatic rings. The predicted octanol–water partition coefficient (Wildman–Crippen LogP) is 2.84. The van der Waals surface area contributed by atoms with Crippen LogP contribution in [0.3, 0.4) is 0 Å². The third-order valence-corrected chi connectivity index (χ3v) is 2.83. The summed E-state index contributed by atoms with van der Waals surface area (Å²) >= 11 is 0. The van der Waals surface area contributed by atoms with E-state index in [0.717, 1.165) is 6.42 Å². The molecule has 0 aromatic carbocycles. The number of hydrogen-bond donors (Lipinski definition) is 0. The maximum absolute atomic E-state index is 12.2. The van der Waals surface area contributed by atoms with Crippen LogP contribution in [0.5, 0.6) is 0 Å². The molecule has 0 saturated carbocycles. The van der Waals surface area contributed by atoms with Crippen molar-refractivity contribution in [1.29, 1.82) is 0 Å². The smallest absolute Gasteiger partial charge is 0.232 e. The number of imide groups is 1. The lowest BCUT2D eigenvalue weighted by molar-refractivity contribution is -0.141. The van der Waals surface area contributed by atoms with Gasteiger partial charge in [0.15, 0.2) is 0 Å². The summed E-state index contributed by atoms with van der Waals surface area (Å²) in [5.74, 6) is -0.0797. The van der Waals surface area contributed by atoms with Crippen LogP contribution in [0.1, 0.15) is 54.4 Å². The third-order valence-electron chi connectivity index (χ3n) is 2.83. The summed E-state index contributed by atoms with van der Waals surface area (Å²) in [5, 5.41) is 0. The van der Waals surface area contributed by atoms with Crippen molar-refractivity contribution in [2.75, 3.05) is 6.54 Å². The molecule has 3 nitrogen and oxygen atoms in total. The zero-order valence-electron chi connectivity index (χ0n) is 12.0. The summed E-state index contributed by atoms with van der Waals surface area (Å²) in [7, 11) is 0. The van der Waals surface area contributed by atoms with E-state index in [0.29, 0.717) is 13.0 Å². The average Bonchev–Trinajstić information content (AvgIpc) is 2.27. The highest BCUT2D eigenvalue weighted by atomic mass is 16.2. The molecular formula is C14H25NO2. The molecule has 1 unspecified atom stereocenters. The van der Waals surface area contributed by atoms with Crippen LogP contribution in [0.4, 0.5) is 0 Å². The molecule has 3 heteroatoms. The summed E-state index contributed by atoms with van der Waals surface area (Å²) < 4.78 is 0. The van der Waals surface area contributed by atoms with E-state index in [1.165, 1.54) is 4.90 Å². The standard InChI is InChI=1S/C14H25NO2/c1-13(2,3)8-10-7-11(16)15(12(10)17)9-14(4,5)6/h10H,7-9H2,1-6H3. The summed E-state index contributed by atoms with van der Waals surface area (Å²) in [6, 6.07) is 0. The molecule has 17 heavy (non-hydrogen) atoms. The minimum absolute atomic E-state index is 0.000764. The van der Waals surface area contributed by atoms with Gasteiger partial charge in [-0.05, 0) is 17.3 Å². The van der Waals surface area contributed by atoms with Crippen molar-refractivity contribution >= 4 is 11.8 Å². The van der Waals surface area contributed by atoms with E-state index in [-0.39, 0.29) is 28.6 Å². The van der Waals surface area contributed by atoms with Gasteiger partial charge in [-0.3, -0.25) is 14.5 Å². The van der Waals surface area contributed by atoms with Crippen LogP contribution >= 0.6 is 0 Å². The van der Waals surface area contributed by atoms with Gasteiger partial charge >= 0.3 is 0 Å². The second kappa shape index (κ2) is 4.43. The highest BCUT2D eigenvalue weighted by molar-refractivity contribution is 6.03. The van der Waals surface area contributed by atoms with Gasteiger partial charge in [-0.25, -0.2) is 0 Å². The lowest BCUT2D eigenvalue weighted by Crippen LogP contribution is -2.38. The SMILES string of the molecule is CC(C)(C)CC1CC(=O)N(CC(C)(C)C)C1=O. The van der Waals surface area contributed by atoms with Crippen molar-refractivity contribution in [2.45, 2.75) is 54.4 Å². The molecule has 1 saturated heterocycles. The van der Waals surface area contributed by atoms with E-state index >= 15 is 0 Å². The number of amides is 2. The first kappa shape index (κ1) is 14.2. The quantitative estimate of drug-likeness (QED) is 0.695. The fourth-order valence-corrected chi connectivity index (χ4v) is 2.29. The Morgan fingerprint density at radius 2 is 1.59 bits per heavy atom. The Morgan fingerprint density at radius 3 is 2.00 bits per heavy atom. The Kier molecular flexibility index (Phi) is 3.70. The number of carbonyl (C=O) groups is 2. The van der Waals surface area contributed by atoms with Crippen molar-refractivity contribution in [1.82, 2.24) is 4.90 Å². The summed E-state index contributed by atoms with van der Waals surface area (Å²) in [5.41, 5.74) is 0.0697. The first-order valence-corrected chi connectivity index (χ1v) is 6.34. The van der Waals surface area contributed by atoms with E-state index in [9.17, 15) is 9.59 Å². The molecule has 0 N–H and O–H groups in total. The average molecular weight is 239 g/mol.